The molecule has 0 bridgehead atoms. The molecule has 6 nitrogen and oxygen atoms in total. The fourth-order valence-corrected chi connectivity index (χ4v) is 3.47. The molecule has 3 aromatic carbocycles. The van der Waals surface area contributed by atoms with Crippen LogP contribution in [-0.4, -0.2) is 16.8 Å². The summed E-state index contributed by atoms with van der Waals surface area (Å²) in [5, 5.41) is 4.45. The van der Waals surface area contributed by atoms with Crippen LogP contribution < -0.4 is 16.2 Å². The average molecular weight is 477 g/mol. The minimum Gasteiger partial charge on any atom is -0.317 e. The van der Waals surface area contributed by atoms with E-state index in [4.69, 9.17) is 23.2 Å². The van der Waals surface area contributed by atoms with E-state index in [1.54, 1.807) is 85.1 Å². The Morgan fingerprint density at radius 2 is 1.64 bits per heavy atom. The number of hydrazine groups is 1. The molecule has 0 fully saturated rings. The van der Waals surface area contributed by atoms with Crippen LogP contribution in [0.5, 0.6) is 0 Å². The molecule has 0 atom stereocenters. The maximum absolute atomic E-state index is 13.1. The van der Waals surface area contributed by atoms with Crippen LogP contribution in [0.25, 0.3) is 17.0 Å². The predicted octanol–water partition coefficient (Wildman–Crippen LogP) is 5.46. The highest BCUT2D eigenvalue weighted by atomic mass is 35.5. The van der Waals surface area contributed by atoms with E-state index in [2.05, 4.69) is 21.2 Å². The summed E-state index contributed by atoms with van der Waals surface area (Å²) < 4.78 is 0. The molecular formula is C25H18Cl2N4O2. The number of hydrogen-bond donors (Lipinski definition) is 3. The van der Waals surface area contributed by atoms with Gasteiger partial charge in [0, 0.05) is 27.2 Å². The maximum atomic E-state index is 13.1. The fourth-order valence-electron chi connectivity index (χ4n) is 3.11. The predicted molar refractivity (Wildman–Crippen MR) is 132 cm³/mol. The summed E-state index contributed by atoms with van der Waals surface area (Å²) in [6.07, 6.45) is 3.12. The molecule has 0 aliphatic heterocycles. The van der Waals surface area contributed by atoms with Gasteiger partial charge < -0.3 is 5.32 Å². The normalized spacial score (nSPS) is 11.2. The van der Waals surface area contributed by atoms with Crippen LogP contribution in [0.3, 0.4) is 0 Å². The molecule has 1 heterocycles. The van der Waals surface area contributed by atoms with Gasteiger partial charge in [0.05, 0.1) is 11.2 Å². The largest absolute Gasteiger partial charge is 0.317 e. The van der Waals surface area contributed by atoms with Crippen molar-refractivity contribution in [2.75, 3.05) is 5.43 Å². The van der Waals surface area contributed by atoms with Gasteiger partial charge in [-0.05, 0) is 54.1 Å². The molecule has 0 radical (unpaired) electrons. The van der Waals surface area contributed by atoms with Crippen LogP contribution in [0.1, 0.15) is 15.9 Å². The SMILES string of the molecule is O=C(NNc1ccnc2cc(Cl)ccc12)/C(=C\c1ccccc1Cl)NC(=O)c1ccccc1. The molecule has 0 aliphatic rings. The number of benzene rings is 3. The fraction of sp³-hybridized carbons (Fsp3) is 0. The molecule has 3 N–H and O–H groups in total. The van der Waals surface area contributed by atoms with Crippen molar-refractivity contribution in [3.05, 3.63) is 112 Å². The van der Waals surface area contributed by atoms with Crippen LogP contribution in [0, 0.1) is 0 Å². The van der Waals surface area contributed by atoms with Gasteiger partial charge in [-0.2, -0.15) is 0 Å². The lowest BCUT2D eigenvalue weighted by Crippen LogP contribution is -2.37. The monoisotopic (exact) mass is 476 g/mol. The number of carbonyl (C=O) groups is 2. The van der Waals surface area contributed by atoms with Crippen LogP contribution >= 0.6 is 23.2 Å². The number of rotatable bonds is 6. The number of nitrogens with one attached hydrogen (secondary N) is 3. The first-order valence-corrected chi connectivity index (χ1v) is 10.7. The second-order valence-electron chi connectivity index (χ2n) is 7.00. The zero-order chi connectivity index (χ0) is 23.2. The minimum absolute atomic E-state index is 0.0193. The van der Waals surface area contributed by atoms with E-state index in [-0.39, 0.29) is 5.70 Å². The Hall–Kier alpha value is -3.87. The molecule has 4 aromatic rings. The number of hydrogen-bond acceptors (Lipinski definition) is 4. The van der Waals surface area contributed by atoms with Gasteiger partial charge in [-0.25, -0.2) is 0 Å². The number of nitrogens with zero attached hydrogens (tertiary/aromatic N) is 1. The Morgan fingerprint density at radius 3 is 2.42 bits per heavy atom. The maximum Gasteiger partial charge on any atom is 0.286 e. The van der Waals surface area contributed by atoms with E-state index in [1.165, 1.54) is 6.08 Å². The lowest BCUT2D eigenvalue weighted by molar-refractivity contribution is -0.117. The molecule has 4 rings (SSSR count). The Balaban J connectivity index is 1.59. The molecule has 8 heteroatoms. The number of pyridine rings is 1. The van der Waals surface area contributed by atoms with Crippen molar-refractivity contribution < 1.29 is 9.59 Å². The summed E-state index contributed by atoms with van der Waals surface area (Å²) in [6.45, 7) is 0. The number of carbonyl (C=O) groups excluding carboxylic acids is 2. The van der Waals surface area contributed by atoms with E-state index < -0.39 is 11.8 Å². The Labute approximate surface area is 200 Å². The number of aromatic nitrogens is 1. The number of amides is 2. The van der Waals surface area contributed by atoms with Crippen molar-refractivity contribution in [3.63, 3.8) is 0 Å². The standard InChI is InChI=1S/C25H18Cl2N4O2/c26-18-10-11-19-21(12-13-28-22(19)15-18)30-31-25(33)23(14-17-8-4-5-9-20(17)27)29-24(32)16-6-2-1-3-7-16/h1-15H,(H,28,30)(H,29,32)(H,31,33)/b23-14+. The molecule has 0 spiro atoms. The minimum atomic E-state index is -0.557. The molecule has 164 valence electrons. The van der Waals surface area contributed by atoms with Crippen molar-refractivity contribution in [2.24, 2.45) is 0 Å². The molecule has 0 saturated heterocycles. The molecule has 33 heavy (non-hydrogen) atoms. The summed E-state index contributed by atoms with van der Waals surface area (Å²) in [4.78, 5) is 30.0. The van der Waals surface area contributed by atoms with Crippen molar-refractivity contribution >= 4 is 57.7 Å². The first-order chi connectivity index (χ1) is 16.0. The Morgan fingerprint density at radius 1 is 0.879 bits per heavy atom. The number of anilines is 1. The zero-order valence-electron chi connectivity index (χ0n) is 17.2. The summed E-state index contributed by atoms with van der Waals surface area (Å²) in [5.41, 5.74) is 7.83. The second-order valence-corrected chi connectivity index (χ2v) is 7.84. The van der Waals surface area contributed by atoms with Gasteiger partial charge in [-0.1, -0.05) is 59.6 Å². The molecule has 0 aliphatic carbocycles. The molecule has 0 unspecified atom stereocenters. The summed E-state index contributed by atoms with van der Waals surface area (Å²) in [5.74, 6) is -0.980. The van der Waals surface area contributed by atoms with Crippen LogP contribution in [-0.2, 0) is 4.79 Å². The molecule has 2 amide bonds. The third-order valence-corrected chi connectivity index (χ3v) is 5.33. The number of halogens is 2. The van der Waals surface area contributed by atoms with E-state index in [9.17, 15) is 9.59 Å². The molecule has 1 aromatic heterocycles. The van der Waals surface area contributed by atoms with Gasteiger partial charge in [0.2, 0.25) is 0 Å². The highest BCUT2D eigenvalue weighted by molar-refractivity contribution is 6.32. The third-order valence-electron chi connectivity index (χ3n) is 4.75. The Bertz CT molecular complexity index is 1360. The first-order valence-electron chi connectivity index (χ1n) is 9.94. The van der Waals surface area contributed by atoms with Gasteiger partial charge in [0.15, 0.2) is 0 Å². The van der Waals surface area contributed by atoms with Gasteiger partial charge in [0.1, 0.15) is 5.70 Å². The summed E-state index contributed by atoms with van der Waals surface area (Å²) in [6, 6.07) is 22.6. The summed E-state index contributed by atoms with van der Waals surface area (Å²) >= 11 is 12.3. The average Bonchev–Trinajstić information content (AvgIpc) is 2.83. The van der Waals surface area contributed by atoms with E-state index >= 15 is 0 Å². The second kappa shape index (κ2) is 10.2. The van der Waals surface area contributed by atoms with Crippen molar-refractivity contribution in [1.29, 1.82) is 0 Å². The zero-order valence-corrected chi connectivity index (χ0v) is 18.7. The lowest BCUT2D eigenvalue weighted by atomic mass is 10.1. The molecular weight excluding hydrogens is 459 g/mol. The van der Waals surface area contributed by atoms with Crippen LogP contribution in [0.4, 0.5) is 5.69 Å². The Kier molecular flexibility index (Phi) is 6.88. The van der Waals surface area contributed by atoms with Gasteiger partial charge in [-0.3, -0.25) is 25.4 Å². The van der Waals surface area contributed by atoms with Crippen molar-refractivity contribution in [2.45, 2.75) is 0 Å². The highest BCUT2D eigenvalue weighted by Gasteiger charge is 2.15. The van der Waals surface area contributed by atoms with Gasteiger partial charge >= 0.3 is 0 Å². The highest BCUT2D eigenvalue weighted by Crippen LogP contribution is 2.24. The van der Waals surface area contributed by atoms with Crippen LogP contribution in [0.15, 0.2) is 90.8 Å². The van der Waals surface area contributed by atoms with Gasteiger partial charge in [-0.15, -0.1) is 0 Å². The van der Waals surface area contributed by atoms with E-state index in [0.717, 1.165) is 5.39 Å². The van der Waals surface area contributed by atoms with Crippen molar-refractivity contribution in [1.82, 2.24) is 15.7 Å². The first kappa shape index (κ1) is 22.3. The van der Waals surface area contributed by atoms with Crippen LogP contribution in [0.2, 0.25) is 10.0 Å². The van der Waals surface area contributed by atoms with Gasteiger partial charge in [0.25, 0.3) is 11.8 Å². The quantitative estimate of drug-likeness (QED) is 0.255. The van der Waals surface area contributed by atoms with Crippen molar-refractivity contribution in [3.8, 4) is 0 Å². The van der Waals surface area contributed by atoms with E-state index in [1.807, 2.05) is 0 Å². The molecule has 0 saturated carbocycles. The lowest BCUT2D eigenvalue weighted by Gasteiger charge is -2.14. The number of fused-ring (bicyclic) bond motifs is 1. The van der Waals surface area contributed by atoms with E-state index in [0.29, 0.717) is 32.4 Å². The summed E-state index contributed by atoms with van der Waals surface area (Å²) in [7, 11) is 0. The smallest absolute Gasteiger partial charge is 0.286 e. The third kappa shape index (κ3) is 5.49. The topological polar surface area (TPSA) is 83.1 Å².